The average Bonchev–Trinajstić information content (AvgIpc) is 3.87. The van der Waals surface area contributed by atoms with Gasteiger partial charge in [-0.05, 0) is 83.9 Å². The predicted octanol–water partition coefficient (Wildman–Crippen LogP) is 10.8. The molecule has 0 aliphatic carbocycles. The zero-order valence-electron chi connectivity index (χ0n) is 24.6. The number of thiophene rings is 7. The SMILES string of the molecule is O=C(O)Cc1cc(-c2ccc(-c3cc(CC(=O)O)c(-c4ccc(-c5ccc(C(=O)O)s5)s4)s3)s2)sc1-c1ccc(-c2ccc(C(=O)O)s2)s1. The highest BCUT2D eigenvalue weighted by Crippen LogP contribution is 2.49. The fraction of sp³-hybridized carbons (Fsp3) is 0.0588. The highest BCUT2D eigenvalue weighted by atomic mass is 32.1. The summed E-state index contributed by atoms with van der Waals surface area (Å²) in [7, 11) is 0. The molecule has 0 unspecified atom stereocenters. The Labute approximate surface area is 305 Å². The van der Waals surface area contributed by atoms with Crippen LogP contribution in [0.2, 0.25) is 0 Å². The molecule has 0 saturated carbocycles. The van der Waals surface area contributed by atoms with E-state index in [0.29, 0.717) is 11.1 Å². The molecule has 7 rings (SSSR count). The molecule has 0 aliphatic rings. The average molecular weight is 781 g/mol. The third-order valence-corrected chi connectivity index (χ3v) is 16.1. The first-order chi connectivity index (χ1) is 23.5. The van der Waals surface area contributed by atoms with E-state index in [1.54, 1.807) is 35.6 Å². The Bertz CT molecular complexity index is 2220. The minimum Gasteiger partial charge on any atom is -0.481 e. The summed E-state index contributed by atoms with van der Waals surface area (Å²) in [6, 6.07) is 22.3. The van der Waals surface area contributed by atoms with Crippen LogP contribution in [0.1, 0.15) is 30.5 Å². The molecule has 7 heterocycles. The van der Waals surface area contributed by atoms with Gasteiger partial charge in [0.2, 0.25) is 0 Å². The van der Waals surface area contributed by atoms with Crippen molar-refractivity contribution >= 4 is 103 Å². The molecule has 0 amide bonds. The number of hydrogen-bond acceptors (Lipinski definition) is 11. The Balaban J connectivity index is 1.20. The van der Waals surface area contributed by atoms with E-state index in [0.717, 1.165) is 58.5 Å². The summed E-state index contributed by atoms with van der Waals surface area (Å²) in [5, 5.41) is 38.0. The number of hydrogen-bond donors (Lipinski definition) is 4. The van der Waals surface area contributed by atoms with Crippen LogP contribution in [0, 0.1) is 0 Å². The van der Waals surface area contributed by atoms with E-state index in [2.05, 4.69) is 0 Å². The maximum atomic E-state index is 11.8. The van der Waals surface area contributed by atoms with E-state index in [9.17, 15) is 39.6 Å². The van der Waals surface area contributed by atoms with Crippen molar-refractivity contribution in [2.45, 2.75) is 12.8 Å². The molecule has 4 N–H and O–H groups in total. The minimum absolute atomic E-state index is 0.141. The minimum atomic E-state index is -0.973. The molecular weight excluding hydrogens is 761 g/mol. The lowest BCUT2D eigenvalue weighted by Gasteiger charge is -1.97. The molecule has 7 aromatic rings. The quantitative estimate of drug-likeness (QED) is 0.0957. The van der Waals surface area contributed by atoms with Crippen LogP contribution in [0.5, 0.6) is 0 Å². The molecule has 0 aliphatic heterocycles. The van der Waals surface area contributed by atoms with Crippen molar-refractivity contribution in [1.29, 1.82) is 0 Å². The highest BCUT2D eigenvalue weighted by Gasteiger charge is 2.21. The third kappa shape index (κ3) is 6.96. The van der Waals surface area contributed by atoms with Crippen molar-refractivity contribution in [3.63, 3.8) is 0 Å². The number of carboxylic acids is 4. The van der Waals surface area contributed by atoms with Gasteiger partial charge in [-0.25, -0.2) is 9.59 Å². The largest absolute Gasteiger partial charge is 0.481 e. The monoisotopic (exact) mass is 780 g/mol. The van der Waals surface area contributed by atoms with Crippen LogP contribution in [0.4, 0.5) is 0 Å². The molecule has 15 heteroatoms. The van der Waals surface area contributed by atoms with Crippen molar-refractivity contribution in [3.05, 3.63) is 93.7 Å². The molecule has 0 spiro atoms. The Kier molecular flexibility index (Phi) is 9.23. The fourth-order valence-corrected chi connectivity index (χ4v) is 12.8. The van der Waals surface area contributed by atoms with Gasteiger partial charge in [0.25, 0.3) is 0 Å². The second-order valence-electron chi connectivity index (χ2n) is 10.5. The number of rotatable bonds is 12. The van der Waals surface area contributed by atoms with E-state index < -0.39 is 23.9 Å². The maximum absolute atomic E-state index is 11.8. The van der Waals surface area contributed by atoms with Gasteiger partial charge in [-0.3, -0.25) is 9.59 Å². The number of carboxylic acid groups (broad SMARTS) is 4. The smallest absolute Gasteiger partial charge is 0.345 e. The Morgan fingerprint density at radius 3 is 1.04 bits per heavy atom. The molecule has 0 bridgehead atoms. The maximum Gasteiger partial charge on any atom is 0.345 e. The van der Waals surface area contributed by atoms with Gasteiger partial charge in [0, 0.05) is 58.5 Å². The third-order valence-electron chi connectivity index (χ3n) is 7.17. The van der Waals surface area contributed by atoms with Gasteiger partial charge in [-0.2, -0.15) is 0 Å². The van der Waals surface area contributed by atoms with E-state index in [1.165, 1.54) is 68.0 Å². The van der Waals surface area contributed by atoms with E-state index in [-0.39, 0.29) is 22.6 Å². The highest BCUT2D eigenvalue weighted by molar-refractivity contribution is 7.31. The van der Waals surface area contributed by atoms with Gasteiger partial charge in [0.05, 0.1) is 12.8 Å². The predicted molar refractivity (Wildman–Crippen MR) is 201 cm³/mol. The van der Waals surface area contributed by atoms with Gasteiger partial charge in [-0.15, -0.1) is 79.4 Å². The first-order valence-corrected chi connectivity index (χ1v) is 19.9. The molecule has 0 atom stereocenters. The number of carbonyl (C=O) groups is 4. The molecule has 7 aromatic heterocycles. The second kappa shape index (κ2) is 13.6. The van der Waals surface area contributed by atoms with Crippen LogP contribution in [0.3, 0.4) is 0 Å². The summed E-state index contributed by atoms with van der Waals surface area (Å²) < 4.78 is 0. The van der Waals surface area contributed by atoms with E-state index in [4.69, 9.17) is 0 Å². The molecule has 0 aromatic carbocycles. The summed E-state index contributed by atoms with van der Waals surface area (Å²) >= 11 is 9.96. The van der Waals surface area contributed by atoms with E-state index in [1.807, 2.05) is 48.5 Å². The van der Waals surface area contributed by atoms with Crippen LogP contribution in [0.25, 0.3) is 58.5 Å². The lowest BCUT2D eigenvalue weighted by atomic mass is 10.1. The van der Waals surface area contributed by atoms with Gasteiger partial charge in [0.15, 0.2) is 0 Å². The molecule has 246 valence electrons. The fourth-order valence-electron chi connectivity index (χ4n) is 5.06. The molecular formula is C34H20O8S7. The summed E-state index contributed by atoms with van der Waals surface area (Å²) in [6.45, 7) is 0. The lowest BCUT2D eigenvalue weighted by molar-refractivity contribution is -0.137. The van der Waals surface area contributed by atoms with Crippen molar-refractivity contribution in [1.82, 2.24) is 0 Å². The zero-order chi connectivity index (χ0) is 34.4. The first-order valence-electron chi connectivity index (χ1n) is 14.2. The summed E-state index contributed by atoms with van der Waals surface area (Å²) in [5.74, 6) is -3.82. The number of aromatic carboxylic acids is 2. The molecule has 8 nitrogen and oxygen atoms in total. The Morgan fingerprint density at radius 2 is 0.694 bits per heavy atom. The standard InChI is InChI=1S/C34H20O8S7/c35-29(36)13-15-11-27(48-31(15)23-7-3-17(44-23)19-5-9-25(46-19)33(39)40)21-1-2-22(43-21)28-12-16(14-30(37)38)32(49-28)24-8-4-18(45-24)20-6-10-26(47-20)34(41)42/h1-12H,13-14H2,(H,35,36)(H,37,38)(H,39,40)(H,41,42). The summed E-state index contributed by atoms with van der Waals surface area (Å²) in [5.41, 5.74) is 1.40. The van der Waals surface area contributed by atoms with Crippen molar-refractivity contribution in [2.75, 3.05) is 0 Å². The topological polar surface area (TPSA) is 149 Å². The number of aliphatic carboxylic acids is 2. The lowest BCUT2D eigenvalue weighted by Crippen LogP contribution is -1.99. The molecule has 49 heavy (non-hydrogen) atoms. The van der Waals surface area contributed by atoms with Gasteiger partial charge in [0.1, 0.15) is 9.75 Å². The van der Waals surface area contributed by atoms with Crippen LogP contribution in [0.15, 0.2) is 72.8 Å². The Hall–Kier alpha value is -4.22. The first kappa shape index (κ1) is 33.3. The van der Waals surface area contributed by atoms with Crippen LogP contribution >= 0.6 is 79.4 Å². The Morgan fingerprint density at radius 1 is 0.388 bits per heavy atom. The van der Waals surface area contributed by atoms with Crippen molar-refractivity contribution in [2.24, 2.45) is 0 Å². The molecule has 0 saturated heterocycles. The van der Waals surface area contributed by atoms with Crippen LogP contribution in [-0.4, -0.2) is 44.3 Å². The zero-order valence-corrected chi connectivity index (χ0v) is 30.3. The van der Waals surface area contributed by atoms with Gasteiger partial charge < -0.3 is 20.4 Å². The summed E-state index contributed by atoms with van der Waals surface area (Å²) in [4.78, 5) is 57.6. The van der Waals surface area contributed by atoms with Crippen LogP contribution < -0.4 is 0 Å². The van der Waals surface area contributed by atoms with E-state index >= 15 is 0 Å². The van der Waals surface area contributed by atoms with Crippen LogP contribution in [-0.2, 0) is 22.4 Å². The van der Waals surface area contributed by atoms with Crippen molar-refractivity contribution < 1.29 is 39.6 Å². The normalized spacial score (nSPS) is 11.3. The van der Waals surface area contributed by atoms with Gasteiger partial charge >= 0.3 is 23.9 Å². The molecule has 0 radical (unpaired) electrons. The van der Waals surface area contributed by atoms with Gasteiger partial charge in [-0.1, -0.05) is 0 Å². The second-order valence-corrected chi connectivity index (χ2v) is 18.0. The summed E-state index contributed by atoms with van der Waals surface area (Å²) in [6.07, 6.45) is -0.281. The molecule has 0 fully saturated rings. The van der Waals surface area contributed by atoms with Crippen molar-refractivity contribution in [3.8, 4) is 58.5 Å².